The lowest BCUT2D eigenvalue weighted by Gasteiger charge is -2.33. The second kappa shape index (κ2) is 9.39. The summed E-state index contributed by atoms with van der Waals surface area (Å²) in [4.78, 5) is 9.53. The van der Waals surface area contributed by atoms with Gasteiger partial charge in [0.25, 0.3) is 0 Å². The molecule has 0 aromatic heterocycles. The van der Waals surface area contributed by atoms with Crippen LogP contribution in [0, 0.1) is 11.8 Å². The third-order valence-electron chi connectivity index (χ3n) is 5.22. The van der Waals surface area contributed by atoms with Crippen LogP contribution in [0.2, 0.25) is 0 Å². The van der Waals surface area contributed by atoms with Crippen molar-refractivity contribution in [1.82, 2.24) is 15.1 Å². The molecule has 1 unspecified atom stereocenters. The molecule has 2 fully saturated rings. The molecule has 4 heteroatoms. The molecule has 2 aliphatic rings. The Labute approximate surface area is 137 Å². The van der Waals surface area contributed by atoms with Crippen LogP contribution in [-0.2, 0) is 0 Å². The normalized spacial score (nSPS) is 25.5. The molecular formula is C18H36N4. The molecule has 0 aromatic carbocycles. The molecule has 0 aliphatic carbocycles. The predicted octanol–water partition coefficient (Wildman–Crippen LogP) is 2.81. The molecule has 2 rings (SSSR count). The lowest BCUT2D eigenvalue weighted by molar-refractivity contribution is 0.181. The van der Waals surface area contributed by atoms with Gasteiger partial charge in [-0.05, 0) is 63.5 Å². The van der Waals surface area contributed by atoms with Crippen molar-refractivity contribution in [3.8, 4) is 0 Å². The molecule has 128 valence electrons. The fourth-order valence-electron chi connectivity index (χ4n) is 3.70. The molecule has 2 heterocycles. The van der Waals surface area contributed by atoms with Crippen molar-refractivity contribution < 1.29 is 0 Å². The Morgan fingerprint density at radius 1 is 1.05 bits per heavy atom. The van der Waals surface area contributed by atoms with Crippen molar-refractivity contribution in [2.75, 3.05) is 46.3 Å². The average molecular weight is 309 g/mol. The minimum Gasteiger partial charge on any atom is -0.356 e. The van der Waals surface area contributed by atoms with E-state index in [0.717, 1.165) is 37.4 Å². The first-order valence-electron chi connectivity index (χ1n) is 9.37. The summed E-state index contributed by atoms with van der Waals surface area (Å²) in [7, 11) is 1.91. The van der Waals surface area contributed by atoms with Gasteiger partial charge >= 0.3 is 0 Å². The highest BCUT2D eigenvalue weighted by Crippen LogP contribution is 2.16. The average Bonchev–Trinajstić information content (AvgIpc) is 2.52. The van der Waals surface area contributed by atoms with Crippen molar-refractivity contribution in [2.24, 2.45) is 16.8 Å². The van der Waals surface area contributed by atoms with Crippen molar-refractivity contribution in [3.05, 3.63) is 0 Å². The summed E-state index contributed by atoms with van der Waals surface area (Å²) in [5, 5.41) is 3.56. The first-order chi connectivity index (χ1) is 10.7. The topological polar surface area (TPSA) is 30.9 Å². The molecule has 2 saturated heterocycles. The summed E-state index contributed by atoms with van der Waals surface area (Å²) in [6.07, 6.45) is 7.95. The zero-order valence-corrected chi connectivity index (χ0v) is 15.0. The van der Waals surface area contributed by atoms with Crippen LogP contribution in [0.1, 0.15) is 52.4 Å². The van der Waals surface area contributed by atoms with E-state index in [4.69, 9.17) is 0 Å². The second-order valence-corrected chi connectivity index (χ2v) is 7.40. The summed E-state index contributed by atoms with van der Waals surface area (Å²) in [6, 6.07) is 0. The van der Waals surface area contributed by atoms with Gasteiger partial charge in [0.05, 0.1) is 0 Å². The van der Waals surface area contributed by atoms with Crippen LogP contribution in [0.4, 0.5) is 0 Å². The number of piperidine rings is 2. The molecule has 0 radical (unpaired) electrons. The van der Waals surface area contributed by atoms with Crippen LogP contribution in [0.5, 0.6) is 0 Å². The van der Waals surface area contributed by atoms with E-state index in [1.54, 1.807) is 0 Å². The molecule has 0 amide bonds. The Hall–Kier alpha value is -0.770. The van der Waals surface area contributed by atoms with Gasteiger partial charge in [0.15, 0.2) is 5.96 Å². The van der Waals surface area contributed by atoms with E-state index in [-0.39, 0.29) is 0 Å². The minimum atomic E-state index is 0.876. The highest BCUT2D eigenvalue weighted by Gasteiger charge is 2.18. The lowest BCUT2D eigenvalue weighted by Crippen LogP contribution is -2.45. The summed E-state index contributed by atoms with van der Waals surface area (Å²) < 4.78 is 0. The van der Waals surface area contributed by atoms with E-state index in [1.807, 2.05) is 7.05 Å². The van der Waals surface area contributed by atoms with E-state index in [9.17, 15) is 0 Å². The Balaban J connectivity index is 1.57. The maximum Gasteiger partial charge on any atom is 0.193 e. The van der Waals surface area contributed by atoms with E-state index >= 15 is 0 Å². The SMILES string of the molecule is CN=C(NCCCCN1CCCC(C)C1)N1CCC(C)CC1. The Kier molecular flexibility index (Phi) is 7.50. The largest absolute Gasteiger partial charge is 0.356 e. The maximum atomic E-state index is 4.46. The van der Waals surface area contributed by atoms with Crippen molar-refractivity contribution >= 4 is 5.96 Å². The summed E-state index contributed by atoms with van der Waals surface area (Å²) in [6.45, 7) is 12.0. The minimum absolute atomic E-state index is 0.876. The highest BCUT2D eigenvalue weighted by molar-refractivity contribution is 5.79. The molecule has 0 saturated carbocycles. The number of nitrogens with one attached hydrogen (secondary N) is 1. The molecule has 1 atom stereocenters. The number of rotatable bonds is 5. The van der Waals surface area contributed by atoms with Gasteiger partial charge in [-0.3, -0.25) is 4.99 Å². The van der Waals surface area contributed by atoms with Gasteiger partial charge in [-0.25, -0.2) is 0 Å². The van der Waals surface area contributed by atoms with Crippen molar-refractivity contribution in [1.29, 1.82) is 0 Å². The Morgan fingerprint density at radius 3 is 2.50 bits per heavy atom. The van der Waals surface area contributed by atoms with E-state index in [2.05, 4.69) is 34.0 Å². The number of guanidine groups is 1. The van der Waals surface area contributed by atoms with Gasteiger partial charge in [0.1, 0.15) is 0 Å². The molecule has 0 aromatic rings. The van der Waals surface area contributed by atoms with Gasteiger partial charge in [-0.1, -0.05) is 13.8 Å². The Morgan fingerprint density at radius 2 is 1.82 bits per heavy atom. The lowest BCUT2D eigenvalue weighted by atomic mass is 9.99. The third kappa shape index (κ3) is 5.79. The van der Waals surface area contributed by atoms with E-state index in [0.29, 0.717) is 0 Å². The number of aliphatic imine (C=N–C) groups is 1. The van der Waals surface area contributed by atoms with Crippen molar-refractivity contribution in [3.63, 3.8) is 0 Å². The van der Waals surface area contributed by atoms with Gasteiger partial charge in [0, 0.05) is 33.2 Å². The maximum absolute atomic E-state index is 4.46. The van der Waals surface area contributed by atoms with Crippen LogP contribution in [0.3, 0.4) is 0 Å². The number of hydrogen-bond donors (Lipinski definition) is 1. The molecule has 0 spiro atoms. The zero-order chi connectivity index (χ0) is 15.8. The first kappa shape index (κ1) is 17.6. The molecule has 2 aliphatic heterocycles. The fraction of sp³-hybridized carbons (Fsp3) is 0.944. The molecule has 1 N–H and O–H groups in total. The van der Waals surface area contributed by atoms with Gasteiger partial charge in [-0.2, -0.15) is 0 Å². The first-order valence-corrected chi connectivity index (χ1v) is 9.37. The molecule has 4 nitrogen and oxygen atoms in total. The number of hydrogen-bond acceptors (Lipinski definition) is 2. The number of nitrogens with zero attached hydrogens (tertiary/aromatic N) is 3. The fourth-order valence-corrected chi connectivity index (χ4v) is 3.70. The van der Waals surface area contributed by atoms with Crippen LogP contribution >= 0.6 is 0 Å². The van der Waals surface area contributed by atoms with E-state index < -0.39 is 0 Å². The summed E-state index contributed by atoms with van der Waals surface area (Å²) in [5.74, 6) is 2.88. The summed E-state index contributed by atoms with van der Waals surface area (Å²) >= 11 is 0. The highest BCUT2D eigenvalue weighted by atomic mass is 15.3. The predicted molar refractivity (Wildman–Crippen MR) is 95.4 cm³/mol. The van der Waals surface area contributed by atoms with Gasteiger partial charge in [0.2, 0.25) is 0 Å². The van der Waals surface area contributed by atoms with Gasteiger partial charge in [-0.15, -0.1) is 0 Å². The Bertz CT molecular complexity index is 334. The molecule has 22 heavy (non-hydrogen) atoms. The standard InChI is InChI=1S/C18H36N4/c1-16-8-13-22(14-9-16)18(19-3)20-10-4-5-11-21-12-6-7-17(2)15-21/h16-17H,4-15H2,1-3H3,(H,19,20). The van der Waals surface area contributed by atoms with Crippen LogP contribution in [-0.4, -0.2) is 62.1 Å². The van der Waals surface area contributed by atoms with Crippen LogP contribution in [0.25, 0.3) is 0 Å². The zero-order valence-electron chi connectivity index (χ0n) is 15.0. The van der Waals surface area contributed by atoms with E-state index in [1.165, 1.54) is 58.2 Å². The molecular weight excluding hydrogens is 272 g/mol. The van der Waals surface area contributed by atoms with Gasteiger partial charge < -0.3 is 15.1 Å². The van der Waals surface area contributed by atoms with Crippen molar-refractivity contribution in [2.45, 2.75) is 52.4 Å². The smallest absolute Gasteiger partial charge is 0.193 e. The third-order valence-corrected chi connectivity index (χ3v) is 5.22. The number of unbranched alkanes of at least 4 members (excludes halogenated alkanes) is 1. The van der Waals surface area contributed by atoms with Crippen LogP contribution < -0.4 is 5.32 Å². The number of likely N-dealkylation sites (tertiary alicyclic amines) is 2. The quantitative estimate of drug-likeness (QED) is 0.481. The molecule has 0 bridgehead atoms. The monoisotopic (exact) mass is 308 g/mol. The van der Waals surface area contributed by atoms with Crippen LogP contribution in [0.15, 0.2) is 4.99 Å². The second-order valence-electron chi connectivity index (χ2n) is 7.40. The summed E-state index contributed by atoms with van der Waals surface area (Å²) in [5.41, 5.74) is 0.